The van der Waals surface area contributed by atoms with E-state index in [1.807, 2.05) is 31.6 Å². The molecule has 0 radical (unpaired) electrons. The van der Waals surface area contributed by atoms with Gasteiger partial charge in [0.2, 0.25) is 0 Å². The van der Waals surface area contributed by atoms with Crippen molar-refractivity contribution in [3.8, 4) is 11.1 Å². The average molecular weight is 360 g/mol. The summed E-state index contributed by atoms with van der Waals surface area (Å²) in [6.45, 7) is 11.0. The van der Waals surface area contributed by atoms with Gasteiger partial charge < -0.3 is 4.57 Å². The fourth-order valence-corrected chi connectivity index (χ4v) is 3.54. The van der Waals surface area contributed by atoms with Crippen LogP contribution in [0.3, 0.4) is 0 Å². The molecule has 0 bridgehead atoms. The Kier molecular flexibility index (Phi) is 3.91. The Balaban J connectivity index is 1.87. The highest BCUT2D eigenvalue weighted by Crippen LogP contribution is 2.30. The number of rotatable bonds is 3. The summed E-state index contributed by atoms with van der Waals surface area (Å²) >= 11 is 0. The number of ketones is 1. The van der Waals surface area contributed by atoms with E-state index in [1.165, 1.54) is 0 Å². The van der Waals surface area contributed by atoms with Gasteiger partial charge >= 0.3 is 0 Å². The Morgan fingerprint density at radius 1 is 1.11 bits per heavy atom. The van der Waals surface area contributed by atoms with Gasteiger partial charge in [-0.3, -0.25) is 4.79 Å². The Morgan fingerprint density at radius 2 is 1.89 bits per heavy atom. The molecule has 0 saturated heterocycles. The van der Waals surface area contributed by atoms with Gasteiger partial charge in [-0.15, -0.1) is 0 Å². The molecule has 3 heterocycles. The summed E-state index contributed by atoms with van der Waals surface area (Å²) in [5.41, 5.74) is 5.76. The number of fused-ring (bicyclic) bond motifs is 2. The van der Waals surface area contributed by atoms with E-state index >= 15 is 0 Å². The van der Waals surface area contributed by atoms with Crippen LogP contribution in [0.2, 0.25) is 0 Å². The van der Waals surface area contributed by atoms with Crippen LogP contribution in [0.4, 0.5) is 0 Å². The van der Waals surface area contributed by atoms with Crippen LogP contribution in [0.15, 0.2) is 42.9 Å². The first-order chi connectivity index (χ1) is 12.7. The third-order valence-corrected chi connectivity index (χ3v) is 4.67. The summed E-state index contributed by atoms with van der Waals surface area (Å²) in [4.78, 5) is 16.7. The number of Topliss-reactive ketones (excluding diaryl/α,β-unsaturated/α-hetero) is 1. The van der Waals surface area contributed by atoms with Crippen molar-refractivity contribution in [3.63, 3.8) is 0 Å². The molecule has 5 nitrogen and oxygen atoms in total. The van der Waals surface area contributed by atoms with Crippen molar-refractivity contribution in [1.82, 2.24) is 19.2 Å². The maximum Gasteiger partial charge on any atom is 0.161 e. The Bertz CT molecular complexity index is 1170. The van der Waals surface area contributed by atoms with Crippen LogP contribution in [-0.4, -0.2) is 24.9 Å². The van der Waals surface area contributed by atoms with E-state index in [1.54, 1.807) is 11.4 Å². The van der Waals surface area contributed by atoms with Crippen LogP contribution >= 0.6 is 0 Å². The largest absolute Gasteiger partial charge is 0.346 e. The molecule has 0 aliphatic carbocycles. The van der Waals surface area contributed by atoms with Gasteiger partial charge in [0, 0.05) is 53.2 Å². The van der Waals surface area contributed by atoms with Crippen LogP contribution in [0.5, 0.6) is 0 Å². The number of carbonyl (C=O) groups is 1. The van der Waals surface area contributed by atoms with Crippen LogP contribution in [0, 0.1) is 12.3 Å². The maximum atomic E-state index is 12.2. The van der Waals surface area contributed by atoms with E-state index in [0.717, 1.165) is 45.5 Å². The quantitative estimate of drug-likeness (QED) is 0.488. The smallest absolute Gasteiger partial charge is 0.161 e. The van der Waals surface area contributed by atoms with Crippen LogP contribution in [0.25, 0.3) is 27.7 Å². The number of nitrogens with zero attached hydrogens (tertiary/aromatic N) is 4. The van der Waals surface area contributed by atoms with Gasteiger partial charge in [0.05, 0.1) is 5.69 Å². The van der Waals surface area contributed by atoms with Gasteiger partial charge in [-0.2, -0.15) is 5.10 Å². The van der Waals surface area contributed by atoms with Gasteiger partial charge in [0.15, 0.2) is 11.4 Å². The summed E-state index contributed by atoms with van der Waals surface area (Å²) in [7, 11) is 0. The van der Waals surface area contributed by atoms with Gasteiger partial charge in [-0.25, -0.2) is 9.50 Å². The summed E-state index contributed by atoms with van der Waals surface area (Å²) in [5, 5.41) is 5.43. The van der Waals surface area contributed by atoms with Crippen molar-refractivity contribution in [1.29, 1.82) is 0 Å². The first-order valence-electron chi connectivity index (χ1n) is 9.17. The van der Waals surface area contributed by atoms with E-state index in [2.05, 4.69) is 53.6 Å². The molecule has 0 aliphatic heterocycles. The summed E-state index contributed by atoms with van der Waals surface area (Å²) < 4.78 is 3.99. The average Bonchev–Trinajstić information content (AvgIpc) is 3.12. The fourth-order valence-electron chi connectivity index (χ4n) is 3.54. The lowest BCUT2D eigenvalue weighted by molar-refractivity contribution is 0.101. The first kappa shape index (κ1) is 17.5. The van der Waals surface area contributed by atoms with Crippen molar-refractivity contribution in [2.45, 2.75) is 41.2 Å². The van der Waals surface area contributed by atoms with Crippen molar-refractivity contribution >= 4 is 22.3 Å². The second-order valence-electron chi connectivity index (χ2n) is 8.45. The highest BCUT2D eigenvalue weighted by Gasteiger charge is 2.18. The Morgan fingerprint density at radius 3 is 2.59 bits per heavy atom. The molecule has 0 aliphatic rings. The standard InChI is InChI=1S/C22H24N4O/c1-14-8-21-23-10-17(11-26(21)24-14)16-6-7-20-18(9-16)19(15(2)27)12-25(20)13-22(3,4)5/h6-12H,13H2,1-5H3. The van der Waals surface area contributed by atoms with Gasteiger partial charge in [0.25, 0.3) is 0 Å². The Hall–Kier alpha value is -2.95. The van der Waals surface area contributed by atoms with Crippen molar-refractivity contribution < 1.29 is 4.79 Å². The molecular formula is C22H24N4O. The van der Waals surface area contributed by atoms with E-state index in [-0.39, 0.29) is 11.2 Å². The van der Waals surface area contributed by atoms with Crippen LogP contribution < -0.4 is 0 Å². The zero-order valence-electron chi connectivity index (χ0n) is 16.4. The molecule has 1 aromatic carbocycles. The molecular weight excluding hydrogens is 336 g/mol. The predicted molar refractivity (Wildman–Crippen MR) is 108 cm³/mol. The molecule has 3 aromatic heterocycles. The molecule has 138 valence electrons. The maximum absolute atomic E-state index is 12.2. The number of hydrogen-bond donors (Lipinski definition) is 0. The second kappa shape index (κ2) is 6.05. The molecule has 0 atom stereocenters. The monoisotopic (exact) mass is 360 g/mol. The van der Waals surface area contributed by atoms with E-state index in [4.69, 9.17) is 0 Å². The van der Waals surface area contributed by atoms with Gasteiger partial charge in [-0.1, -0.05) is 26.8 Å². The lowest BCUT2D eigenvalue weighted by Gasteiger charge is -2.19. The van der Waals surface area contributed by atoms with Crippen molar-refractivity contribution in [2.24, 2.45) is 5.41 Å². The van der Waals surface area contributed by atoms with E-state index < -0.39 is 0 Å². The van der Waals surface area contributed by atoms with E-state index in [0.29, 0.717) is 0 Å². The van der Waals surface area contributed by atoms with E-state index in [9.17, 15) is 4.79 Å². The third kappa shape index (κ3) is 3.25. The predicted octanol–water partition coefficient (Wildman–Crippen LogP) is 4.91. The number of benzene rings is 1. The zero-order chi connectivity index (χ0) is 19.3. The molecule has 0 unspecified atom stereocenters. The third-order valence-electron chi connectivity index (χ3n) is 4.67. The molecule has 0 amide bonds. The molecule has 0 spiro atoms. The minimum Gasteiger partial charge on any atom is -0.346 e. The normalized spacial score (nSPS) is 12.2. The minimum absolute atomic E-state index is 0.0843. The summed E-state index contributed by atoms with van der Waals surface area (Å²) in [5.74, 6) is 0.0843. The van der Waals surface area contributed by atoms with Gasteiger partial charge in [0.1, 0.15) is 0 Å². The molecule has 4 rings (SSSR count). The summed E-state index contributed by atoms with van der Waals surface area (Å²) in [6.07, 6.45) is 5.83. The topological polar surface area (TPSA) is 52.2 Å². The SMILES string of the molecule is CC(=O)c1cn(CC(C)(C)C)c2ccc(-c3cnc4cc(C)nn4c3)cc12. The second-order valence-corrected chi connectivity index (χ2v) is 8.45. The lowest BCUT2D eigenvalue weighted by atomic mass is 9.97. The lowest BCUT2D eigenvalue weighted by Crippen LogP contribution is -2.14. The highest BCUT2D eigenvalue weighted by molar-refractivity contribution is 6.07. The fraction of sp³-hybridized carbons (Fsp3) is 0.318. The number of aromatic nitrogens is 4. The molecule has 0 N–H and O–H groups in total. The Labute approximate surface area is 158 Å². The van der Waals surface area contributed by atoms with Crippen molar-refractivity contribution in [3.05, 3.63) is 54.1 Å². The molecule has 5 heteroatoms. The van der Waals surface area contributed by atoms with Crippen LogP contribution in [-0.2, 0) is 6.54 Å². The summed E-state index contributed by atoms with van der Waals surface area (Å²) in [6, 6.07) is 8.23. The van der Waals surface area contributed by atoms with Gasteiger partial charge in [-0.05, 0) is 37.0 Å². The number of carbonyl (C=O) groups excluding carboxylic acids is 1. The minimum atomic E-state index is 0.0843. The molecule has 0 fully saturated rings. The first-order valence-corrected chi connectivity index (χ1v) is 9.17. The van der Waals surface area contributed by atoms with Crippen molar-refractivity contribution in [2.75, 3.05) is 0 Å². The molecule has 27 heavy (non-hydrogen) atoms. The zero-order valence-corrected chi connectivity index (χ0v) is 16.4. The van der Waals surface area contributed by atoms with Crippen LogP contribution in [0.1, 0.15) is 43.7 Å². The molecule has 4 aromatic rings. The highest BCUT2D eigenvalue weighted by atomic mass is 16.1. The molecule has 0 saturated carbocycles. The number of aryl methyl sites for hydroxylation is 1. The number of hydrogen-bond acceptors (Lipinski definition) is 3.